The molecule has 8 heteroatoms. The van der Waals surface area contributed by atoms with Crippen molar-refractivity contribution in [1.29, 1.82) is 0 Å². The molecular weight excluding hydrogens is 336 g/mol. The zero-order chi connectivity index (χ0) is 18.9. The molecule has 0 saturated carbocycles. The number of urea groups is 1. The Hall–Kier alpha value is -2.35. The second kappa shape index (κ2) is 9.96. The van der Waals surface area contributed by atoms with Crippen molar-refractivity contribution in [2.45, 2.75) is 20.3 Å². The van der Waals surface area contributed by atoms with Crippen molar-refractivity contribution in [3.05, 3.63) is 34.4 Å². The van der Waals surface area contributed by atoms with Crippen LogP contribution in [-0.4, -0.2) is 61.8 Å². The van der Waals surface area contributed by atoms with Crippen molar-refractivity contribution in [3.63, 3.8) is 0 Å². The van der Waals surface area contributed by atoms with Gasteiger partial charge in [-0.15, -0.1) is 0 Å². The normalized spacial score (nSPS) is 14.6. The number of carbonyl (C=O) groups excluding carboxylic acids is 1. The predicted octanol–water partition coefficient (Wildman–Crippen LogP) is 2.49. The minimum atomic E-state index is -0.403. The number of non-ortho nitro benzene ring substituents is 1. The second-order valence-corrected chi connectivity index (χ2v) is 6.80. The molecule has 1 N–H and O–H groups in total. The Balaban J connectivity index is 1.67. The highest BCUT2D eigenvalue weighted by Crippen LogP contribution is 2.20. The lowest BCUT2D eigenvalue weighted by atomic mass is 10.2. The fourth-order valence-corrected chi connectivity index (χ4v) is 2.75. The summed E-state index contributed by atoms with van der Waals surface area (Å²) in [7, 11) is 0. The zero-order valence-electron chi connectivity index (χ0n) is 15.5. The molecule has 1 aromatic carbocycles. The van der Waals surface area contributed by atoms with Crippen LogP contribution in [0.2, 0.25) is 0 Å². The van der Waals surface area contributed by atoms with Gasteiger partial charge in [0.05, 0.1) is 4.92 Å². The van der Waals surface area contributed by atoms with Gasteiger partial charge in [0, 0.05) is 63.8 Å². The highest BCUT2D eigenvalue weighted by Gasteiger charge is 2.21. The molecule has 0 atom stereocenters. The van der Waals surface area contributed by atoms with Crippen LogP contribution in [0.15, 0.2) is 24.3 Å². The molecule has 1 saturated heterocycles. The topological polar surface area (TPSA) is 88.0 Å². The molecule has 0 bridgehead atoms. The summed E-state index contributed by atoms with van der Waals surface area (Å²) in [6, 6.07) is 6.49. The second-order valence-electron chi connectivity index (χ2n) is 6.80. The number of nitro groups is 1. The number of ether oxygens (including phenoxy) is 1. The first-order valence-electron chi connectivity index (χ1n) is 9.07. The molecule has 0 radical (unpaired) electrons. The molecule has 144 valence electrons. The summed E-state index contributed by atoms with van der Waals surface area (Å²) >= 11 is 0. The Morgan fingerprint density at radius 2 is 1.88 bits per heavy atom. The molecule has 1 aliphatic rings. The van der Waals surface area contributed by atoms with Gasteiger partial charge < -0.3 is 19.9 Å². The van der Waals surface area contributed by atoms with Crippen molar-refractivity contribution in [2.24, 2.45) is 5.92 Å². The average Bonchev–Trinajstić information content (AvgIpc) is 2.64. The molecular formula is C18H28N4O4. The quantitative estimate of drug-likeness (QED) is 0.435. The molecule has 26 heavy (non-hydrogen) atoms. The fraction of sp³-hybridized carbons (Fsp3) is 0.611. The smallest absolute Gasteiger partial charge is 0.317 e. The van der Waals surface area contributed by atoms with Crippen LogP contribution in [0.4, 0.5) is 16.2 Å². The van der Waals surface area contributed by atoms with E-state index in [9.17, 15) is 14.9 Å². The van der Waals surface area contributed by atoms with E-state index in [-0.39, 0.29) is 11.7 Å². The third-order valence-electron chi connectivity index (χ3n) is 4.19. The number of piperazine rings is 1. The van der Waals surface area contributed by atoms with E-state index in [1.54, 1.807) is 17.0 Å². The molecule has 0 unspecified atom stereocenters. The lowest BCUT2D eigenvalue weighted by molar-refractivity contribution is -0.384. The van der Waals surface area contributed by atoms with Gasteiger partial charge in [-0.3, -0.25) is 10.1 Å². The van der Waals surface area contributed by atoms with E-state index in [0.29, 0.717) is 45.2 Å². The maximum atomic E-state index is 12.2. The van der Waals surface area contributed by atoms with Crippen LogP contribution >= 0.6 is 0 Å². The van der Waals surface area contributed by atoms with E-state index in [4.69, 9.17) is 4.74 Å². The van der Waals surface area contributed by atoms with Crippen LogP contribution in [0.5, 0.6) is 0 Å². The van der Waals surface area contributed by atoms with Gasteiger partial charge in [0.2, 0.25) is 0 Å². The van der Waals surface area contributed by atoms with Crippen LogP contribution < -0.4 is 10.2 Å². The highest BCUT2D eigenvalue weighted by atomic mass is 16.6. The summed E-state index contributed by atoms with van der Waals surface area (Å²) in [5, 5.41) is 13.6. The Labute approximate surface area is 154 Å². The number of hydrogen-bond acceptors (Lipinski definition) is 5. The monoisotopic (exact) mass is 364 g/mol. The molecule has 1 aliphatic heterocycles. The molecule has 1 aromatic rings. The van der Waals surface area contributed by atoms with Gasteiger partial charge in [-0.2, -0.15) is 0 Å². The van der Waals surface area contributed by atoms with Gasteiger partial charge >= 0.3 is 6.03 Å². The maximum absolute atomic E-state index is 12.2. The van der Waals surface area contributed by atoms with E-state index in [2.05, 4.69) is 24.1 Å². The van der Waals surface area contributed by atoms with Crippen molar-refractivity contribution < 1.29 is 14.5 Å². The Bertz CT molecular complexity index is 583. The van der Waals surface area contributed by atoms with Crippen LogP contribution in [-0.2, 0) is 4.74 Å². The van der Waals surface area contributed by atoms with Crippen molar-refractivity contribution in [3.8, 4) is 0 Å². The van der Waals surface area contributed by atoms with E-state index < -0.39 is 4.92 Å². The minimum absolute atomic E-state index is 0.0443. The molecule has 2 rings (SSSR count). The average molecular weight is 364 g/mol. The van der Waals surface area contributed by atoms with Crippen LogP contribution in [0, 0.1) is 16.0 Å². The lowest BCUT2D eigenvalue weighted by Gasteiger charge is -2.36. The minimum Gasteiger partial charge on any atom is -0.381 e. The Morgan fingerprint density at radius 1 is 1.23 bits per heavy atom. The van der Waals surface area contributed by atoms with Crippen LogP contribution in [0.1, 0.15) is 20.3 Å². The molecule has 0 spiro atoms. The van der Waals surface area contributed by atoms with Crippen molar-refractivity contribution in [2.75, 3.05) is 50.8 Å². The molecule has 8 nitrogen and oxygen atoms in total. The number of hydrogen-bond donors (Lipinski definition) is 1. The first-order chi connectivity index (χ1) is 12.5. The molecule has 1 fully saturated rings. The SMILES string of the molecule is CC(C)COCCCNC(=O)N1CCN(c2ccc([N+](=O)[O-])cc2)CC1. The van der Waals surface area contributed by atoms with Crippen LogP contribution in [0.3, 0.4) is 0 Å². The number of nitro benzene ring substituents is 1. The molecule has 0 aliphatic carbocycles. The Morgan fingerprint density at radius 3 is 2.46 bits per heavy atom. The number of benzene rings is 1. The lowest BCUT2D eigenvalue weighted by Crippen LogP contribution is -2.52. The van der Waals surface area contributed by atoms with E-state index in [1.807, 2.05) is 0 Å². The van der Waals surface area contributed by atoms with E-state index in [0.717, 1.165) is 18.7 Å². The standard InChI is InChI=1S/C18H28N4O4/c1-15(2)14-26-13-3-8-19-18(23)21-11-9-20(10-12-21)16-4-6-17(7-5-16)22(24)25/h4-7,15H,3,8-14H2,1-2H3,(H,19,23). The predicted molar refractivity (Wildman–Crippen MR) is 101 cm³/mol. The highest BCUT2D eigenvalue weighted by molar-refractivity contribution is 5.74. The third kappa shape index (κ3) is 6.18. The van der Waals surface area contributed by atoms with E-state index >= 15 is 0 Å². The van der Waals surface area contributed by atoms with Crippen LogP contribution in [0.25, 0.3) is 0 Å². The van der Waals surface area contributed by atoms with Gasteiger partial charge in [-0.1, -0.05) is 13.8 Å². The van der Waals surface area contributed by atoms with Gasteiger partial charge in [0.1, 0.15) is 0 Å². The van der Waals surface area contributed by atoms with Gasteiger partial charge in [-0.05, 0) is 24.5 Å². The van der Waals surface area contributed by atoms with E-state index in [1.165, 1.54) is 12.1 Å². The fourth-order valence-electron chi connectivity index (χ4n) is 2.75. The third-order valence-corrected chi connectivity index (χ3v) is 4.19. The number of carbonyl (C=O) groups is 1. The molecule has 2 amide bonds. The number of rotatable bonds is 8. The zero-order valence-corrected chi connectivity index (χ0v) is 15.5. The molecule has 1 heterocycles. The number of nitrogens with one attached hydrogen (secondary N) is 1. The summed E-state index contributed by atoms with van der Waals surface area (Å²) in [5.41, 5.74) is 1.03. The summed E-state index contributed by atoms with van der Waals surface area (Å²) in [6.07, 6.45) is 0.807. The number of anilines is 1. The number of nitrogens with zero attached hydrogens (tertiary/aromatic N) is 3. The Kier molecular flexibility index (Phi) is 7.65. The first kappa shape index (κ1) is 20.0. The first-order valence-corrected chi connectivity index (χ1v) is 9.07. The maximum Gasteiger partial charge on any atom is 0.317 e. The summed E-state index contributed by atoms with van der Waals surface area (Å²) in [5.74, 6) is 0.525. The number of amides is 2. The van der Waals surface area contributed by atoms with Crippen molar-refractivity contribution >= 4 is 17.4 Å². The van der Waals surface area contributed by atoms with Gasteiger partial charge in [0.15, 0.2) is 0 Å². The van der Waals surface area contributed by atoms with Gasteiger partial charge in [-0.25, -0.2) is 4.79 Å². The largest absolute Gasteiger partial charge is 0.381 e. The summed E-state index contributed by atoms with van der Waals surface area (Å²) in [6.45, 7) is 8.92. The molecule has 0 aromatic heterocycles. The van der Waals surface area contributed by atoms with Gasteiger partial charge in [0.25, 0.3) is 5.69 Å². The summed E-state index contributed by atoms with van der Waals surface area (Å²) < 4.78 is 5.49. The van der Waals surface area contributed by atoms with Crippen molar-refractivity contribution in [1.82, 2.24) is 10.2 Å². The summed E-state index contributed by atoms with van der Waals surface area (Å²) in [4.78, 5) is 26.4.